The number of ether oxygens (including phenoxy) is 1. The van der Waals surface area contributed by atoms with Crippen molar-refractivity contribution in [1.29, 1.82) is 0 Å². The Morgan fingerprint density at radius 1 is 0.960 bits per heavy atom. The van der Waals surface area contributed by atoms with E-state index in [2.05, 4.69) is 45.0 Å². The predicted molar refractivity (Wildman–Crippen MR) is 97.5 cm³/mol. The first-order valence-electron chi connectivity index (χ1n) is 9.69. The van der Waals surface area contributed by atoms with E-state index in [4.69, 9.17) is 4.74 Å². The fourth-order valence-corrected chi connectivity index (χ4v) is 4.57. The lowest BCUT2D eigenvalue weighted by atomic mass is 10.1. The molecule has 3 saturated heterocycles. The Hall–Kier alpha value is -1.43. The zero-order chi connectivity index (χ0) is 17.1. The van der Waals surface area contributed by atoms with Crippen molar-refractivity contribution in [2.24, 2.45) is 0 Å². The molecule has 1 amide bonds. The Morgan fingerprint density at radius 2 is 1.76 bits per heavy atom. The summed E-state index contributed by atoms with van der Waals surface area (Å²) in [6, 6.07) is 11.5. The number of fused-ring (bicyclic) bond motifs is 1. The summed E-state index contributed by atoms with van der Waals surface area (Å²) in [6.45, 7) is 7.72. The number of rotatable bonds is 6. The van der Waals surface area contributed by atoms with Crippen LogP contribution in [0.1, 0.15) is 18.4 Å². The van der Waals surface area contributed by atoms with Crippen LogP contribution in [0.15, 0.2) is 30.3 Å². The molecule has 0 N–H and O–H groups in total. The van der Waals surface area contributed by atoms with Crippen LogP contribution in [0.2, 0.25) is 0 Å². The largest absolute Gasteiger partial charge is 0.379 e. The highest BCUT2D eigenvalue weighted by Crippen LogP contribution is 2.32. The summed E-state index contributed by atoms with van der Waals surface area (Å²) < 4.78 is 5.41. The highest BCUT2D eigenvalue weighted by Gasteiger charge is 2.46. The van der Waals surface area contributed by atoms with Gasteiger partial charge in [0.05, 0.1) is 13.2 Å². The molecular weight excluding hydrogens is 314 g/mol. The van der Waals surface area contributed by atoms with Crippen molar-refractivity contribution in [3.63, 3.8) is 0 Å². The fourth-order valence-electron chi connectivity index (χ4n) is 4.57. The van der Waals surface area contributed by atoms with E-state index in [-0.39, 0.29) is 0 Å². The van der Waals surface area contributed by atoms with Crippen LogP contribution < -0.4 is 0 Å². The minimum Gasteiger partial charge on any atom is -0.379 e. The summed E-state index contributed by atoms with van der Waals surface area (Å²) in [5.74, 6) is 0.354. The lowest BCUT2D eigenvalue weighted by molar-refractivity contribution is -0.129. The molecule has 3 aliphatic heterocycles. The van der Waals surface area contributed by atoms with Crippen molar-refractivity contribution in [1.82, 2.24) is 14.7 Å². The zero-order valence-corrected chi connectivity index (χ0v) is 15.0. The molecule has 4 rings (SSSR count). The van der Waals surface area contributed by atoms with Crippen LogP contribution in [0.5, 0.6) is 0 Å². The topological polar surface area (TPSA) is 36.0 Å². The average Bonchev–Trinajstić information content (AvgIpc) is 3.18. The molecule has 0 saturated carbocycles. The number of carbonyl (C=O) groups excluding carboxylic acids is 1. The third kappa shape index (κ3) is 3.89. The molecule has 0 aromatic heterocycles. The molecule has 0 spiro atoms. The molecule has 3 heterocycles. The second-order valence-corrected chi connectivity index (χ2v) is 7.44. The Bertz CT molecular complexity index is 574. The number of benzene rings is 1. The lowest BCUT2D eigenvalue weighted by Crippen LogP contribution is -2.44. The number of amides is 1. The maximum Gasteiger partial charge on any atom is 0.224 e. The van der Waals surface area contributed by atoms with Gasteiger partial charge in [-0.2, -0.15) is 0 Å². The molecule has 3 aliphatic rings. The second kappa shape index (κ2) is 7.85. The maximum absolute atomic E-state index is 12.5. The van der Waals surface area contributed by atoms with Gasteiger partial charge in [-0.05, 0) is 18.4 Å². The predicted octanol–water partition coefficient (Wildman–Crippen LogP) is 1.24. The van der Waals surface area contributed by atoms with Crippen molar-refractivity contribution in [3.05, 3.63) is 35.9 Å². The van der Waals surface area contributed by atoms with Crippen molar-refractivity contribution in [3.8, 4) is 0 Å². The second-order valence-electron chi connectivity index (χ2n) is 7.44. The maximum atomic E-state index is 12.5. The zero-order valence-electron chi connectivity index (χ0n) is 15.0. The van der Waals surface area contributed by atoms with E-state index in [9.17, 15) is 4.79 Å². The molecule has 1 aromatic rings. The van der Waals surface area contributed by atoms with E-state index in [1.807, 2.05) is 0 Å². The summed E-state index contributed by atoms with van der Waals surface area (Å²) in [7, 11) is 0. The first-order chi connectivity index (χ1) is 12.3. The molecule has 136 valence electrons. The van der Waals surface area contributed by atoms with Gasteiger partial charge in [-0.3, -0.25) is 14.6 Å². The third-order valence-corrected chi connectivity index (χ3v) is 6.02. The van der Waals surface area contributed by atoms with Crippen molar-refractivity contribution in [2.45, 2.75) is 31.3 Å². The van der Waals surface area contributed by atoms with Crippen LogP contribution in [-0.4, -0.2) is 85.2 Å². The molecular formula is C20H29N3O2. The van der Waals surface area contributed by atoms with Crippen molar-refractivity contribution < 1.29 is 9.53 Å². The summed E-state index contributed by atoms with van der Waals surface area (Å²) in [4.78, 5) is 19.7. The highest BCUT2D eigenvalue weighted by atomic mass is 16.5. The summed E-state index contributed by atoms with van der Waals surface area (Å²) in [6.07, 6.45) is 2.92. The molecule has 25 heavy (non-hydrogen) atoms. The summed E-state index contributed by atoms with van der Waals surface area (Å²) >= 11 is 0. The van der Waals surface area contributed by atoms with Crippen molar-refractivity contribution >= 4 is 5.91 Å². The Morgan fingerprint density at radius 3 is 2.56 bits per heavy atom. The van der Waals surface area contributed by atoms with Gasteiger partial charge in [-0.25, -0.2) is 0 Å². The Labute approximate surface area is 150 Å². The van der Waals surface area contributed by atoms with Gasteiger partial charge in [0.15, 0.2) is 0 Å². The number of morpholine rings is 1. The van der Waals surface area contributed by atoms with Gasteiger partial charge < -0.3 is 9.64 Å². The standard InChI is InChI=1S/C20H29N3O2/c24-20-16-19-18(23(20)11-10-21-12-14-25-15-13-21)7-9-22(19)8-6-17-4-2-1-3-5-17/h1-5,18-19H,6-16H2/t18-,19+/m0/s1. The summed E-state index contributed by atoms with van der Waals surface area (Å²) in [5, 5.41) is 0. The van der Waals surface area contributed by atoms with Gasteiger partial charge >= 0.3 is 0 Å². The molecule has 0 aliphatic carbocycles. The molecule has 2 atom stereocenters. The normalized spacial score (nSPS) is 27.8. The van der Waals surface area contributed by atoms with Crippen LogP contribution in [0.3, 0.4) is 0 Å². The quantitative estimate of drug-likeness (QED) is 0.779. The number of nitrogens with zero attached hydrogens (tertiary/aromatic N) is 3. The Kier molecular flexibility index (Phi) is 5.34. The van der Waals surface area contributed by atoms with Crippen molar-refractivity contribution in [2.75, 3.05) is 52.5 Å². The van der Waals surface area contributed by atoms with Gasteiger partial charge in [0, 0.05) is 57.8 Å². The van der Waals surface area contributed by atoms with Gasteiger partial charge in [-0.1, -0.05) is 30.3 Å². The van der Waals surface area contributed by atoms with E-state index in [0.717, 1.165) is 65.3 Å². The summed E-state index contributed by atoms with van der Waals surface area (Å²) in [5.41, 5.74) is 1.39. The minimum absolute atomic E-state index is 0.354. The molecule has 1 aromatic carbocycles. The van der Waals surface area contributed by atoms with Crippen LogP contribution in [-0.2, 0) is 16.0 Å². The monoisotopic (exact) mass is 343 g/mol. The van der Waals surface area contributed by atoms with Gasteiger partial charge in [-0.15, -0.1) is 0 Å². The molecule has 0 bridgehead atoms. The molecule has 0 unspecified atom stereocenters. The van der Waals surface area contributed by atoms with Crippen LogP contribution in [0, 0.1) is 0 Å². The minimum atomic E-state index is 0.354. The molecule has 5 nitrogen and oxygen atoms in total. The first-order valence-corrected chi connectivity index (χ1v) is 9.69. The molecule has 0 radical (unpaired) electrons. The SMILES string of the molecule is O=C1C[C@@H]2[C@H](CCN2CCc2ccccc2)N1CCN1CCOCC1. The van der Waals surface area contributed by atoms with Gasteiger partial charge in [0.1, 0.15) is 0 Å². The fraction of sp³-hybridized carbons (Fsp3) is 0.650. The average molecular weight is 343 g/mol. The van der Waals surface area contributed by atoms with Crippen LogP contribution in [0.25, 0.3) is 0 Å². The number of likely N-dealkylation sites (tertiary alicyclic amines) is 2. The smallest absolute Gasteiger partial charge is 0.224 e. The van der Waals surface area contributed by atoms with Crippen LogP contribution in [0.4, 0.5) is 0 Å². The van der Waals surface area contributed by atoms with Gasteiger partial charge in [0.2, 0.25) is 5.91 Å². The number of hydrogen-bond acceptors (Lipinski definition) is 4. The van der Waals surface area contributed by atoms with Crippen LogP contribution >= 0.6 is 0 Å². The van der Waals surface area contributed by atoms with E-state index < -0.39 is 0 Å². The van der Waals surface area contributed by atoms with Gasteiger partial charge in [0.25, 0.3) is 0 Å². The molecule has 5 heteroatoms. The Balaban J connectivity index is 1.29. The van der Waals surface area contributed by atoms with E-state index >= 15 is 0 Å². The van der Waals surface area contributed by atoms with E-state index in [1.165, 1.54) is 5.56 Å². The molecule has 3 fully saturated rings. The highest BCUT2D eigenvalue weighted by molar-refractivity contribution is 5.80. The number of hydrogen-bond donors (Lipinski definition) is 0. The third-order valence-electron chi connectivity index (χ3n) is 6.02. The van der Waals surface area contributed by atoms with E-state index in [1.54, 1.807) is 0 Å². The number of carbonyl (C=O) groups is 1. The lowest BCUT2D eigenvalue weighted by Gasteiger charge is -2.30. The van der Waals surface area contributed by atoms with E-state index in [0.29, 0.717) is 24.4 Å². The first kappa shape index (κ1) is 17.0.